The number of amides is 1. The minimum atomic E-state index is -1.03. The van der Waals surface area contributed by atoms with Crippen molar-refractivity contribution in [3.05, 3.63) is 87.8 Å². The second-order valence-electron chi connectivity index (χ2n) is 5.89. The van der Waals surface area contributed by atoms with E-state index in [1.807, 2.05) is 19.1 Å². The first kappa shape index (κ1) is 19.0. The van der Waals surface area contributed by atoms with Crippen molar-refractivity contribution in [1.29, 1.82) is 0 Å². The van der Waals surface area contributed by atoms with Crippen molar-refractivity contribution in [2.24, 2.45) is 0 Å². The number of halogens is 2. The summed E-state index contributed by atoms with van der Waals surface area (Å²) >= 11 is 12.0. The summed E-state index contributed by atoms with van der Waals surface area (Å²) in [6.07, 6.45) is 0.362. The molecule has 0 saturated carbocycles. The molecule has 0 fully saturated rings. The Morgan fingerprint density at radius 1 is 1.00 bits per heavy atom. The number of nitrogens with one attached hydrogen (secondary N) is 2. The molecule has 0 saturated heterocycles. The minimum Gasteiger partial charge on any atom is -0.459 e. The minimum absolute atomic E-state index is 0.104. The topological polar surface area (TPSA) is 71.3 Å². The maximum Gasteiger partial charge on any atom is 0.288 e. The molecule has 1 aromatic heterocycles. The molecule has 0 bridgehead atoms. The number of carbonyl (C=O) groups excluding carboxylic acids is 2. The molecular formula is C20H16Cl2N2O3. The zero-order valence-corrected chi connectivity index (χ0v) is 15.8. The quantitative estimate of drug-likeness (QED) is 0.452. The Kier molecular flexibility index (Phi) is 5.84. The monoisotopic (exact) mass is 402 g/mol. The van der Waals surface area contributed by atoms with Crippen LogP contribution in [0.25, 0.3) is 0 Å². The molecule has 0 aliphatic rings. The highest BCUT2D eigenvalue weighted by atomic mass is 35.5. The summed E-state index contributed by atoms with van der Waals surface area (Å²) in [5, 5.41) is 6.36. The highest BCUT2D eigenvalue weighted by Gasteiger charge is 2.24. The lowest BCUT2D eigenvalue weighted by atomic mass is 10.1. The summed E-state index contributed by atoms with van der Waals surface area (Å²) in [6, 6.07) is 15.0. The van der Waals surface area contributed by atoms with Gasteiger partial charge in [0.15, 0.2) is 11.9 Å². The number of carbonyl (C=O) groups is 2. The zero-order chi connectivity index (χ0) is 19.4. The number of aryl methyl sites for hydroxylation is 1. The normalized spacial score (nSPS) is 11.7. The lowest BCUT2D eigenvalue weighted by Gasteiger charge is -2.20. The molecule has 0 aliphatic carbocycles. The molecule has 138 valence electrons. The van der Waals surface area contributed by atoms with Crippen molar-refractivity contribution in [3.63, 3.8) is 0 Å². The Hall–Kier alpha value is -2.76. The van der Waals surface area contributed by atoms with Crippen LogP contribution in [0.15, 0.2) is 65.3 Å². The van der Waals surface area contributed by atoms with Crippen molar-refractivity contribution >= 4 is 40.6 Å². The van der Waals surface area contributed by atoms with Crippen LogP contribution in [0.1, 0.15) is 26.5 Å². The molecular weight excluding hydrogens is 387 g/mol. The van der Waals surface area contributed by atoms with E-state index in [9.17, 15) is 9.59 Å². The summed E-state index contributed by atoms with van der Waals surface area (Å²) in [5.41, 5.74) is 2.02. The molecule has 0 unspecified atom stereocenters. The third-order valence-corrected chi connectivity index (χ3v) is 4.59. The fourth-order valence-electron chi connectivity index (χ4n) is 2.41. The molecule has 1 heterocycles. The van der Waals surface area contributed by atoms with Crippen LogP contribution in [-0.2, 0) is 0 Å². The first-order valence-electron chi connectivity index (χ1n) is 8.11. The van der Waals surface area contributed by atoms with Crippen molar-refractivity contribution in [3.8, 4) is 0 Å². The van der Waals surface area contributed by atoms with Crippen LogP contribution in [0.2, 0.25) is 10.0 Å². The second-order valence-corrected chi connectivity index (χ2v) is 6.70. The summed E-state index contributed by atoms with van der Waals surface area (Å²) < 4.78 is 5.09. The molecule has 5 nitrogen and oxygen atoms in total. The van der Waals surface area contributed by atoms with Gasteiger partial charge in [-0.1, -0.05) is 53.0 Å². The van der Waals surface area contributed by atoms with Crippen LogP contribution < -0.4 is 10.6 Å². The van der Waals surface area contributed by atoms with Crippen LogP contribution in [0.5, 0.6) is 0 Å². The highest BCUT2D eigenvalue weighted by molar-refractivity contribution is 6.42. The standard InChI is InChI=1S/C20H16Cl2N2O3/c1-12-4-6-13(7-5-12)18(25)19(24-20(26)17-3-2-10-27-17)23-14-8-9-15(21)16(22)11-14/h2-11,19,23H,1H3,(H,24,26)/t19-/m0/s1. The predicted molar refractivity (Wildman–Crippen MR) is 106 cm³/mol. The molecule has 7 heteroatoms. The van der Waals surface area contributed by atoms with Crippen molar-refractivity contribution in [1.82, 2.24) is 5.32 Å². The molecule has 3 rings (SSSR count). The molecule has 0 spiro atoms. The van der Waals surface area contributed by atoms with Gasteiger partial charge in [-0.2, -0.15) is 0 Å². The highest BCUT2D eigenvalue weighted by Crippen LogP contribution is 2.25. The van der Waals surface area contributed by atoms with Gasteiger partial charge >= 0.3 is 0 Å². The number of hydrogen-bond acceptors (Lipinski definition) is 4. The first-order chi connectivity index (χ1) is 12.9. The predicted octanol–water partition coefficient (Wildman–Crippen LogP) is 4.95. The number of furan rings is 1. The molecule has 1 atom stereocenters. The van der Waals surface area contributed by atoms with E-state index in [2.05, 4.69) is 10.6 Å². The first-order valence-corrected chi connectivity index (χ1v) is 8.86. The number of hydrogen-bond donors (Lipinski definition) is 2. The van der Waals surface area contributed by atoms with Gasteiger partial charge in [0.25, 0.3) is 5.91 Å². The van der Waals surface area contributed by atoms with Crippen LogP contribution in [-0.4, -0.2) is 17.9 Å². The number of Topliss-reactive ketones (excluding diaryl/α,β-unsaturated/α-hetero) is 1. The van der Waals surface area contributed by atoms with E-state index in [1.165, 1.54) is 12.3 Å². The molecule has 2 aromatic carbocycles. The molecule has 27 heavy (non-hydrogen) atoms. The average Bonchev–Trinajstić information content (AvgIpc) is 3.19. The number of rotatable bonds is 6. The van der Waals surface area contributed by atoms with Crippen molar-refractivity contribution < 1.29 is 14.0 Å². The summed E-state index contributed by atoms with van der Waals surface area (Å²) in [6.45, 7) is 1.93. The van der Waals surface area contributed by atoms with Crippen LogP contribution >= 0.6 is 23.2 Å². The van der Waals surface area contributed by atoms with Crippen LogP contribution in [0.4, 0.5) is 5.69 Å². The Balaban J connectivity index is 1.87. The fraction of sp³-hybridized carbons (Fsp3) is 0.100. The van der Waals surface area contributed by atoms with E-state index in [0.717, 1.165) is 5.56 Å². The lowest BCUT2D eigenvalue weighted by molar-refractivity contribution is 0.0853. The number of ketones is 1. The van der Waals surface area contributed by atoms with Gasteiger partial charge in [0.2, 0.25) is 5.78 Å². The van der Waals surface area contributed by atoms with Crippen LogP contribution in [0, 0.1) is 6.92 Å². The molecule has 3 aromatic rings. The maximum atomic E-state index is 13.0. The zero-order valence-electron chi connectivity index (χ0n) is 14.3. The number of benzene rings is 2. The van der Waals surface area contributed by atoms with Crippen LogP contribution in [0.3, 0.4) is 0 Å². The third-order valence-electron chi connectivity index (χ3n) is 3.85. The van der Waals surface area contributed by atoms with E-state index >= 15 is 0 Å². The number of anilines is 1. The van der Waals surface area contributed by atoms with E-state index in [1.54, 1.807) is 36.4 Å². The van der Waals surface area contributed by atoms with Crippen molar-refractivity contribution in [2.45, 2.75) is 13.1 Å². The largest absolute Gasteiger partial charge is 0.459 e. The summed E-state index contributed by atoms with van der Waals surface area (Å²) in [4.78, 5) is 25.3. The van der Waals surface area contributed by atoms with E-state index < -0.39 is 12.1 Å². The van der Waals surface area contributed by atoms with Gasteiger partial charge in [-0.3, -0.25) is 9.59 Å². The Labute approximate surface area is 166 Å². The summed E-state index contributed by atoms with van der Waals surface area (Å²) in [7, 11) is 0. The van der Waals surface area contributed by atoms with Gasteiger partial charge in [-0.25, -0.2) is 0 Å². The van der Waals surface area contributed by atoms with E-state index in [4.69, 9.17) is 27.6 Å². The SMILES string of the molecule is Cc1ccc(C(=O)[C@H](NC(=O)c2ccco2)Nc2ccc(Cl)c(Cl)c2)cc1. The smallest absolute Gasteiger partial charge is 0.288 e. The van der Waals surface area contributed by atoms with Gasteiger partial charge < -0.3 is 15.1 Å². The Bertz CT molecular complexity index is 954. The second kappa shape index (κ2) is 8.29. The van der Waals surface area contributed by atoms with Gasteiger partial charge in [-0.15, -0.1) is 0 Å². The molecule has 0 aliphatic heterocycles. The third kappa shape index (κ3) is 4.70. The fourth-order valence-corrected chi connectivity index (χ4v) is 2.71. The molecule has 0 radical (unpaired) electrons. The maximum absolute atomic E-state index is 13.0. The van der Waals surface area contributed by atoms with Gasteiger partial charge in [0, 0.05) is 11.3 Å². The average molecular weight is 403 g/mol. The molecule has 1 amide bonds. The van der Waals surface area contributed by atoms with Gasteiger partial charge in [-0.05, 0) is 37.3 Å². The van der Waals surface area contributed by atoms with Gasteiger partial charge in [0.1, 0.15) is 0 Å². The molecule has 2 N–H and O–H groups in total. The Morgan fingerprint density at radius 2 is 1.74 bits per heavy atom. The van der Waals surface area contributed by atoms with Crippen molar-refractivity contribution in [2.75, 3.05) is 5.32 Å². The lowest BCUT2D eigenvalue weighted by Crippen LogP contribution is -2.46. The van der Waals surface area contributed by atoms with E-state index in [-0.39, 0.29) is 11.5 Å². The Morgan fingerprint density at radius 3 is 2.37 bits per heavy atom. The van der Waals surface area contributed by atoms with Gasteiger partial charge in [0.05, 0.1) is 16.3 Å². The van der Waals surface area contributed by atoms with E-state index in [0.29, 0.717) is 21.3 Å². The summed E-state index contributed by atoms with van der Waals surface area (Å²) in [5.74, 6) is -0.716.